The molecule has 0 atom stereocenters. The Morgan fingerprint density at radius 3 is 0.765 bits per heavy atom. The number of carbonyl (C=O) groups excluding carboxylic acids is 3. The number of aryl methyl sites for hydroxylation is 3. The van der Waals surface area contributed by atoms with E-state index in [4.69, 9.17) is 36.7 Å². The van der Waals surface area contributed by atoms with Crippen LogP contribution in [0.1, 0.15) is 304 Å². The third kappa shape index (κ3) is 22.2. The van der Waals surface area contributed by atoms with Crippen molar-refractivity contribution >= 4 is 219 Å². The first-order valence-electron chi connectivity index (χ1n) is 39.4. The Morgan fingerprint density at radius 2 is 0.520 bits per heavy atom. The van der Waals surface area contributed by atoms with Gasteiger partial charge in [0.15, 0.2) is 0 Å². The monoisotopic (exact) mass is 1590 g/mol. The molecule has 0 aliphatic carbocycles. The van der Waals surface area contributed by atoms with Gasteiger partial charge in [-0.25, -0.2) is 0 Å². The maximum atomic E-state index is 14.2. The number of nitrogens with zero attached hydrogens (tertiary/aromatic N) is 3. The van der Waals surface area contributed by atoms with Gasteiger partial charge in [-0.15, -0.1) is 68.0 Å². The van der Waals surface area contributed by atoms with Gasteiger partial charge in [0.05, 0.1) is 14.7 Å². The highest BCUT2D eigenvalue weighted by Gasteiger charge is 2.35. The van der Waals surface area contributed by atoms with Crippen molar-refractivity contribution in [3.8, 4) is 29.3 Å². The average Bonchev–Trinajstić information content (AvgIpc) is 1.57. The van der Waals surface area contributed by atoms with Crippen molar-refractivity contribution in [2.24, 2.45) is 0 Å². The minimum atomic E-state index is 0.0505. The van der Waals surface area contributed by atoms with Crippen LogP contribution in [0, 0.1) is 0 Å². The second-order valence-corrected chi connectivity index (χ2v) is 39.9. The van der Waals surface area contributed by atoms with Crippen LogP contribution in [0.5, 0.6) is 0 Å². The number of carbonyl (C=O) groups is 3. The smallest absolute Gasteiger partial charge is 0.266 e. The molecule has 3 aliphatic rings. The van der Waals surface area contributed by atoms with Crippen molar-refractivity contribution in [2.75, 3.05) is 19.6 Å². The number of unbranched alkanes of at least 4 members (excludes halogenated alkanes) is 30. The molecule has 3 aliphatic heterocycles. The summed E-state index contributed by atoms with van der Waals surface area (Å²) < 4.78 is 6.01. The molecule has 0 N–H and O–H groups in total. The molecule has 10 rings (SSSR count). The van der Waals surface area contributed by atoms with E-state index in [-0.39, 0.29) is 17.7 Å². The molecule has 3 fully saturated rings. The molecule has 6 aromatic heterocycles. The molecule has 3 saturated heterocycles. The van der Waals surface area contributed by atoms with E-state index in [1.165, 1.54) is 285 Å². The molecule has 7 aromatic rings. The molecule has 6 nitrogen and oxygen atoms in total. The SMILES string of the molecule is CCCCCCCCc1cc(/C=C2\SC(=S)N(CCCCCCCC)C2=O)sc1-c1cc2c(s1)c1cc(-c3sc(/C=C4\SC(=S)N(CCCCCCCC)C4=O)cc3CCCCCCCC)sc1c1cc(-c3sc(/C=C4\SC(=S)N(CCCCCCCC)C4=O)cc3CCCCCCCC)sc21. The molecular weight excluding hydrogens is 1480 g/mol. The van der Waals surface area contributed by atoms with Gasteiger partial charge in [0.25, 0.3) is 17.7 Å². The second kappa shape index (κ2) is 42.8. The number of hydrogen-bond acceptors (Lipinski definition) is 15. The third-order valence-electron chi connectivity index (χ3n) is 20.1. The molecule has 9 heterocycles. The number of fused-ring (bicyclic) bond motifs is 6. The van der Waals surface area contributed by atoms with E-state index in [0.717, 1.165) is 106 Å². The molecule has 102 heavy (non-hydrogen) atoms. The van der Waals surface area contributed by atoms with Crippen LogP contribution < -0.4 is 0 Å². The van der Waals surface area contributed by atoms with Crippen molar-refractivity contribution in [3.05, 3.63) is 82.4 Å². The number of rotatable bonds is 48. The summed E-state index contributed by atoms with van der Waals surface area (Å²) in [5, 5.41) is 3.92. The van der Waals surface area contributed by atoms with Gasteiger partial charge >= 0.3 is 0 Å². The fourth-order valence-electron chi connectivity index (χ4n) is 14.3. The average molecular weight is 1600 g/mol. The van der Waals surface area contributed by atoms with Crippen molar-refractivity contribution < 1.29 is 14.4 Å². The first-order chi connectivity index (χ1) is 49.9. The molecule has 0 radical (unpaired) electrons. The minimum Gasteiger partial charge on any atom is -0.293 e. The first-order valence-corrected chi connectivity index (χ1v) is 48.0. The largest absolute Gasteiger partial charge is 0.293 e. The van der Waals surface area contributed by atoms with Gasteiger partial charge in [0.2, 0.25) is 0 Å². The molecule has 552 valence electrons. The molecule has 0 unspecified atom stereocenters. The van der Waals surface area contributed by atoms with Crippen LogP contribution in [0.15, 0.2) is 51.1 Å². The lowest BCUT2D eigenvalue weighted by molar-refractivity contribution is -0.123. The lowest BCUT2D eigenvalue weighted by Crippen LogP contribution is -2.28. The van der Waals surface area contributed by atoms with Crippen LogP contribution in [0.3, 0.4) is 0 Å². The second-order valence-electron chi connectivity index (χ2n) is 28.4. The molecule has 1 aromatic carbocycles. The van der Waals surface area contributed by atoms with Gasteiger partial charge < -0.3 is 0 Å². The zero-order valence-corrected chi connectivity index (χ0v) is 71.7. The van der Waals surface area contributed by atoms with Gasteiger partial charge in [-0.1, -0.05) is 306 Å². The van der Waals surface area contributed by atoms with E-state index in [1.807, 2.05) is 82.7 Å². The van der Waals surface area contributed by atoms with Crippen LogP contribution >= 0.6 is 140 Å². The summed E-state index contributed by atoms with van der Waals surface area (Å²) >= 11 is 33.6. The highest BCUT2D eigenvalue weighted by atomic mass is 32.2. The van der Waals surface area contributed by atoms with E-state index < -0.39 is 0 Å². The summed E-state index contributed by atoms with van der Waals surface area (Å²) in [5.41, 5.74) is 4.11. The minimum absolute atomic E-state index is 0.0505. The summed E-state index contributed by atoms with van der Waals surface area (Å²) in [6.45, 7) is 15.7. The Balaban J connectivity index is 1.08. The van der Waals surface area contributed by atoms with Crippen molar-refractivity contribution in [2.45, 2.75) is 292 Å². The fourth-order valence-corrected chi connectivity index (χ4v) is 26.0. The summed E-state index contributed by atoms with van der Waals surface area (Å²) in [6.07, 6.45) is 52.6. The van der Waals surface area contributed by atoms with Crippen molar-refractivity contribution in [1.29, 1.82) is 0 Å². The van der Waals surface area contributed by atoms with Gasteiger partial charge in [0, 0.05) is 93.8 Å². The number of hydrogen-bond donors (Lipinski definition) is 0. The van der Waals surface area contributed by atoms with Gasteiger partial charge in [-0.3, -0.25) is 29.1 Å². The maximum absolute atomic E-state index is 14.2. The van der Waals surface area contributed by atoms with Gasteiger partial charge in [-0.2, -0.15) is 0 Å². The molecule has 0 bridgehead atoms. The Bertz CT molecular complexity index is 3540. The Morgan fingerprint density at radius 1 is 0.294 bits per heavy atom. The Kier molecular flexibility index (Phi) is 34.3. The van der Waals surface area contributed by atoms with E-state index in [0.29, 0.717) is 32.6 Å². The quantitative estimate of drug-likeness (QED) is 0.0211. The zero-order chi connectivity index (χ0) is 71.7. The summed E-state index contributed by atoms with van der Waals surface area (Å²) in [6, 6.07) is 14.8. The predicted octanol–water partition coefficient (Wildman–Crippen LogP) is 29.9. The lowest BCUT2D eigenvalue weighted by Gasteiger charge is -2.13. The normalized spacial score (nSPS) is 15.8. The fraction of sp³-hybridized carbons (Fsp3) is 0.571. The number of thioether (sulfide) groups is 3. The maximum Gasteiger partial charge on any atom is 0.266 e. The predicted molar refractivity (Wildman–Crippen MR) is 474 cm³/mol. The number of thiocarbonyl (C=S) groups is 3. The van der Waals surface area contributed by atoms with Crippen molar-refractivity contribution in [1.82, 2.24) is 14.7 Å². The Labute approximate surface area is 665 Å². The summed E-state index contributed by atoms with van der Waals surface area (Å²) in [5.74, 6) is 0.152. The van der Waals surface area contributed by atoms with Crippen LogP contribution in [-0.4, -0.2) is 65.0 Å². The highest BCUT2D eigenvalue weighted by molar-refractivity contribution is 8.27. The van der Waals surface area contributed by atoms with Crippen LogP contribution in [0.4, 0.5) is 0 Å². The standard InChI is InChI=1S/C84H111N3O3S12/c1-7-13-19-25-31-37-43-58-49-61(52-70-79(88)85(82(91)100-70)46-40-34-28-22-16-10-4)94-73(58)67-55-64-76(97-67)65-56-68(74-59(44-38-32-26-20-14-8-2)50-62(95-74)53-71-80(89)86(83(92)101-71)47-41-35-29-23-17-11-5)99-78(65)66-57-69(98-77(64)66)75-60(45-39-33-27-21-15-9-3)51-63(96-75)54-72-81(90)87(84(93)102-72)48-42-36-30-24-18-12-6/h49-57H,7-48H2,1-6H3/b70-52-,71-53-,72-54-. The van der Waals surface area contributed by atoms with Crippen LogP contribution in [0.2, 0.25) is 0 Å². The van der Waals surface area contributed by atoms with E-state index in [2.05, 4.69) is 96.2 Å². The van der Waals surface area contributed by atoms with E-state index in [9.17, 15) is 14.4 Å². The summed E-state index contributed by atoms with van der Waals surface area (Å²) in [4.78, 5) is 61.6. The van der Waals surface area contributed by atoms with E-state index >= 15 is 0 Å². The molecule has 3 amide bonds. The third-order valence-corrected chi connectivity index (χ3v) is 31.7. The number of amides is 3. The molecule has 0 spiro atoms. The molecule has 18 heteroatoms. The lowest BCUT2D eigenvalue weighted by atomic mass is 10.0. The zero-order valence-electron chi connectivity index (χ0n) is 61.9. The van der Waals surface area contributed by atoms with Crippen molar-refractivity contribution in [3.63, 3.8) is 0 Å². The molecular formula is C84H111N3O3S12. The highest BCUT2D eigenvalue weighted by Crippen LogP contribution is 2.55. The summed E-state index contributed by atoms with van der Waals surface area (Å²) in [7, 11) is 0. The number of benzene rings is 1. The van der Waals surface area contributed by atoms with E-state index in [1.54, 1.807) is 0 Å². The molecule has 0 saturated carbocycles. The van der Waals surface area contributed by atoms with Gasteiger partial charge in [0.1, 0.15) is 13.0 Å². The topological polar surface area (TPSA) is 60.9 Å². The number of thiophene rings is 6. The van der Waals surface area contributed by atoms with Crippen LogP contribution in [0.25, 0.3) is 77.7 Å². The van der Waals surface area contributed by atoms with Crippen LogP contribution in [-0.2, 0) is 33.6 Å². The first kappa shape index (κ1) is 81.7. The van der Waals surface area contributed by atoms with Gasteiger partial charge in [-0.05, 0) is 129 Å². The Hall–Kier alpha value is -2.85.